The average molecular weight is 275 g/mol. The molecule has 0 aliphatic rings. The molecule has 5 nitrogen and oxygen atoms in total. The largest absolute Gasteiger partial charge is 0.497 e. The lowest BCUT2D eigenvalue weighted by atomic mass is 10.2. The minimum atomic E-state index is -0.242. The van der Waals surface area contributed by atoms with Crippen LogP contribution in [0.1, 0.15) is 6.42 Å². The molecule has 1 aromatic carbocycles. The normalized spacial score (nSPS) is 11.3. The van der Waals surface area contributed by atoms with Crippen LogP contribution in [0.5, 0.6) is 5.75 Å². The highest BCUT2D eigenvalue weighted by atomic mass is 35.5. The Morgan fingerprint density at radius 1 is 1.33 bits per heavy atom. The van der Waals surface area contributed by atoms with Crippen LogP contribution < -0.4 is 15.8 Å². The molecule has 0 aromatic heterocycles. The maximum atomic E-state index is 11.6. The van der Waals surface area contributed by atoms with Crippen LogP contribution in [0.4, 0.5) is 5.69 Å². The summed E-state index contributed by atoms with van der Waals surface area (Å²) in [4.78, 5) is 11.6. The van der Waals surface area contributed by atoms with E-state index in [1.54, 1.807) is 31.4 Å². The first-order valence-corrected chi connectivity index (χ1v) is 5.36. The number of anilines is 1. The van der Waals surface area contributed by atoms with Gasteiger partial charge in [0.25, 0.3) is 0 Å². The minimum Gasteiger partial charge on any atom is -0.497 e. The zero-order chi connectivity index (χ0) is 12.7. The molecule has 0 saturated carbocycles. The molecule has 0 radical (unpaired) electrons. The van der Waals surface area contributed by atoms with Crippen LogP contribution in [0.25, 0.3) is 0 Å². The van der Waals surface area contributed by atoms with Crippen LogP contribution in [0.15, 0.2) is 24.3 Å². The summed E-state index contributed by atoms with van der Waals surface area (Å²) < 4.78 is 10.1. The second-order valence-electron chi connectivity index (χ2n) is 3.57. The van der Waals surface area contributed by atoms with E-state index in [9.17, 15) is 4.79 Å². The fourth-order valence-corrected chi connectivity index (χ4v) is 1.36. The number of ether oxygens (including phenoxy) is 2. The van der Waals surface area contributed by atoms with Gasteiger partial charge in [-0.3, -0.25) is 4.79 Å². The number of nitrogens with one attached hydrogen (secondary N) is 1. The predicted octanol–water partition coefficient (Wildman–Crippen LogP) is 1.42. The van der Waals surface area contributed by atoms with Crippen molar-refractivity contribution in [2.75, 3.05) is 26.1 Å². The smallest absolute Gasteiger partial charge is 0.227 e. The van der Waals surface area contributed by atoms with E-state index in [1.807, 2.05) is 0 Å². The van der Waals surface area contributed by atoms with Crippen molar-refractivity contribution in [2.24, 2.45) is 5.73 Å². The molecule has 0 aliphatic carbocycles. The van der Waals surface area contributed by atoms with Crippen molar-refractivity contribution in [1.82, 2.24) is 0 Å². The number of halogens is 1. The quantitative estimate of drug-likeness (QED) is 0.823. The van der Waals surface area contributed by atoms with Crippen molar-refractivity contribution in [3.05, 3.63) is 24.3 Å². The van der Waals surface area contributed by atoms with Crippen LogP contribution in [0.3, 0.4) is 0 Å². The van der Waals surface area contributed by atoms with Gasteiger partial charge in [0.15, 0.2) is 0 Å². The van der Waals surface area contributed by atoms with Gasteiger partial charge < -0.3 is 20.5 Å². The lowest BCUT2D eigenvalue weighted by Gasteiger charge is -2.12. The van der Waals surface area contributed by atoms with Gasteiger partial charge in [0.05, 0.1) is 19.6 Å². The van der Waals surface area contributed by atoms with E-state index in [4.69, 9.17) is 15.2 Å². The van der Waals surface area contributed by atoms with Gasteiger partial charge in [-0.2, -0.15) is 0 Å². The van der Waals surface area contributed by atoms with E-state index in [2.05, 4.69) is 5.32 Å². The van der Waals surface area contributed by atoms with Gasteiger partial charge in [-0.1, -0.05) is 0 Å². The molecular formula is C12H19ClN2O3. The summed E-state index contributed by atoms with van der Waals surface area (Å²) in [5, 5.41) is 2.76. The summed E-state index contributed by atoms with van der Waals surface area (Å²) in [5.41, 5.74) is 6.17. The molecule has 102 valence electrons. The van der Waals surface area contributed by atoms with Gasteiger partial charge in [-0.25, -0.2) is 0 Å². The summed E-state index contributed by atoms with van der Waals surface area (Å²) in [6.07, 6.45) is 0.00667. The zero-order valence-corrected chi connectivity index (χ0v) is 11.3. The van der Waals surface area contributed by atoms with E-state index >= 15 is 0 Å². The number of amides is 1. The second kappa shape index (κ2) is 8.74. The summed E-state index contributed by atoms with van der Waals surface area (Å²) in [6, 6.07) is 7.13. The van der Waals surface area contributed by atoms with Crippen molar-refractivity contribution >= 4 is 24.0 Å². The Labute approximate surface area is 113 Å². The lowest BCUT2D eigenvalue weighted by Crippen LogP contribution is -2.28. The zero-order valence-electron chi connectivity index (χ0n) is 10.5. The summed E-state index contributed by atoms with van der Waals surface area (Å²) in [7, 11) is 3.14. The standard InChI is InChI=1S/C12H18N2O3.ClH/c1-16-10-5-3-9(4-6-10)14-12(15)7-11(8-13)17-2;/h3-6,11H,7-8,13H2,1-2H3,(H,14,15);1H. The number of carbonyl (C=O) groups excluding carboxylic acids is 1. The Kier molecular flexibility index (Phi) is 8.11. The molecule has 6 heteroatoms. The van der Waals surface area contributed by atoms with Crippen molar-refractivity contribution in [1.29, 1.82) is 0 Å². The van der Waals surface area contributed by atoms with Gasteiger partial charge in [0.1, 0.15) is 5.75 Å². The molecule has 0 fully saturated rings. The van der Waals surface area contributed by atoms with Crippen molar-refractivity contribution in [2.45, 2.75) is 12.5 Å². The number of rotatable bonds is 6. The Hall–Kier alpha value is -1.30. The fourth-order valence-electron chi connectivity index (χ4n) is 1.36. The monoisotopic (exact) mass is 274 g/mol. The van der Waals surface area contributed by atoms with Gasteiger partial charge >= 0.3 is 0 Å². The molecule has 0 saturated heterocycles. The van der Waals surface area contributed by atoms with Gasteiger partial charge in [0.2, 0.25) is 5.91 Å². The van der Waals surface area contributed by atoms with E-state index in [0.717, 1.165) is 11.4 Å². The maximum absolute atomic E-state index is 11.6. The van der Waals surface area contributed by atoms with E-state index < -0.39 is 0 Å². The van der Waals surface area contributed by atoms with Crippen molar-refractivity contribution in [3.63, 3.8) is 0 Å². The fraction of sp³-hybridized carbons (Fsp3) is 0.417. The third-order valence-corrected chi connectivity index (χ3v) is 2.38. The average Bonchev–Trinajstić information content (AvgIpc) is 2.37. The molecule has 0 aliphatic heterocycles. The molecule has 1 amide bonds. The number of carbonyl (C=O) groups is 1. The Bertz CT molecular complexity index is 353. The third kappa shape index (κ3) is 5.35. The molecule has 18 heavy (non-hydrogen) atoms. The second-order valence-corrected chi connectivity index (χ2v) is 3.57. The molecule has 1 aromatic rings. The van der Waals surface area contributed by atoms with E-state index in [0.29, 0.717) is 6.54 Å². The lowest BCUT2D eigenvalue weighted by molar-refractivity contribution is -0.118. The summed E-state index contributed by atoms with van der Waals surface area (Å²) in [5.74, 6) is 0.632. The molecule has 3 N–H and O–H groups in total. The first-order chi connectivity index (χ1) is 8.19. The SMILES string of the molecule is COc1ccc(NC(=O)CC(CN)OC)cc1.Cl. The topological polar surface area (TPSA) is 73.6 Å². The third-order valence-electron chi connectivity index (χ3n) is 2.38. The van der Waals surface area contributed by atoms with Crippen molar-refractivity contribution in [3.8, 4) is 5.75 Å². The highest BCUT2D eigenvalue weighted by Gasteiger charge is 2.11. The highest BCUT2D eigenvalue weighted by molar-refractivity contribution is 5.91. The Morgan fingerprint density at radius 2 is 1.94 bits per heavy atom. The molecule has 0 spiro atoms. The maximum Gasteiger partial charge on any atom is 0.227 e. The number of benzene rings is 1. The van der Waals surface area contributed by atoms with Crippen LogP contribution in [-0.2, 0) is 9.53 Å². The van der Waals surface area contributed by atoms with Gasteiger partial charge in [-0.05, 0) is 24.3 Å². The molecule has 0 heterocycles. The predicted molar refractivity (Wildman–Crippen MR) is 73.3 cm³/mol. The number of hydrogen-bond donors (Lipinski definition) is 2. The molecular weight excluding hydrogens is 256 g/mol. The van der Waals surface area contributed by atoms with Crippen LogP contribution in [0, 0.1) is 0 Å². The van der Waals surface area contributed by atoms with E-state index in [-0.39, 0.29) is 30.8 Å². The van der Waals surface area contributed by atoms with E-state index in [1.165, 1.54) is 7.11 Å². The summed E-state index contributed by atoms with van der Waals surface area (Å²) in [6.45, 7) is 0.326. The van der Waals surface area contributed by atoms with Gasteiger partial charge in [0, 0.05) is 19.3 Å². The number of hydrogen-bond acceptors (Lipinski definition) is 4. The minimum absolute atomic E-state index is 0. The summed E-state index contributed by atoms with van der Waals surface area (Å²) >= 11 is 0. The molecule has 1 rings (SSSR count). The highest BCUT2D eigenvalue weighted by Crippen LogP contribution is 2.15. The van der Waals surface area contributed by atoms with Gasteiger partial charge in [-0.15, -0.1) is 12.4 Å². The molecule has 1 unspecified atom stereocenters. The van der Waals surface area contributed by atoms with Crippen LogP contribution in [-0.4, -0.2) is 32.8 Å². The first-order valence-electron chi connectivity index (χ1n) is 5.36. The van der Waals surface area contributed by atoms with Crippen LogP contribution >= 0.6 is 12.4 Å². The number of methoxy groups -OCH3 is 2. The van der Waals surface area contributed by atoms with Crippen molar-refractivity contribution < 1.29 is 14.3 Å². The Morgan fingerprint density at radius 3 is 2.39 bits per heavy atom. The Balaban J connectivity index is 0.00000289. The molecule has 0 bridgehead atoms. The number of nitrogens with two attached hydrogens (primary N) is 1. The van der Waals surface area contributed by atoms with Crippen LogP contribution in [0.2, 0.25) is 0 Å². The molecule has 1 atom stereocenters. The first kappa shape index (κ1) is 16.7.